The van der Waals surface area contributed by atoms with Crippen molar-refractivity contribution in [3.63, 3.8) is 0 Å². The summed E-state index contributed by atoms with van der Waals surface area (Å²) in [5, 5.41) is 6.21. The summed E-state index contributed by atoms with van der Waals surface area (Å²) >= 11 is 1.65. The first-order valence-corrected chi connectivity index (χ1v) is 13.3. The number of hydrogen-bond donors (Lipinski definition) is 1. The molecule has 3 aliphatic rings. The van der Waals surface area contributed by atoms with Crippen molar-refractivity contribution < 1.29 is 14.4 Å². The molecule has 1 aliphatic carbocycles. The second-order valence-corrected chi connectivity index (χ2v) is 10.0. The van der Waals surface area contributed by atoms with Gasteiger partial charge in [-0.2, -0.15) is 16.8 Å². The van der Waals surface area contributed by atoms with Gasteiger partial charge in [0.05, 0.1) is 19.6 Å². The zero-order valence-corrected chi connectivity index (χ0v) is 20.5. The molecule has 4 amide bonds. The number of nitrogens with zero attached hydrogens (tertiary/aromatic N) is 4. The Hall–Kier alpha value is -2.70. The number of hydrazine groups is 1. The molecule has 0 spiro atoms. The van der Waals surface area contributed by atoms with E-state index in [1.807, 2.05) is 41.5 Å². The van der Waals surface area contributed by atoms with Crippen molar-refractivity contribution in [3.8, 4) is 12.3 Å². The molecule has 0 unspecified atom stereocenters. The third kappa shape index (κ3) is 5.03. The molecule has 0 radical (unpaired) electrons. The summed E-state index contributed by atoms with van der Waals surface area (Å²) in [5.74, 6) is 3.21. The lowest BCUT2D eigenvalue weighted by atomic mass is 10.0. The monoisotopic (exact) mass is 483 g/mol. The van der Waals surface area contributed by atoms with Crippen LogP contribution in [-0.4, -0.2) is 87.6 Å². The van der Waals surface area contributed by atoms with E-state index in [9.17, 15) is 14.4 Å². The summed E-state index contributed by atoms with van der Waals surface area (Å²) in [5.41, 5.74) is 0.980. The molecule has 1 aromatic carbocycles. The standard InChI is InChI=1S/C25H33N5O3S/c1-3-14-27-18-23(31)29-21(13-15-34-2)24(32)28(20-11-7-8-12-20)17-22(29)30(27)25(33)26-16-19-9-5-4-6-10-19/h1,4-6,9-10,20-22H,7-8,11-18H2,2H3,(H,26,33)/t21-,22-/m0/s1. The maximum atomic E-state index is 13.6. The lowest BCUT2D eigenvalue weighted by molar-refractivity contribution is -0.191. The van der Waals surface area contributed by atoms with Gasteiger partial charge in [0.25, 0.3) is 0 Å². The minimum Gasteiger partial charge on any atom is -0.334 e. The number of carbonyl (C=O) groups is 3. The molecule has 0 aromatic heterocycles. The molecule has 182 valence electrons. The fraction of sp³-hybridized carbons (Fsp3) is 0.560. The molecule has 2 saturated heterocycles. The van der Waals surface area contributed by atoms with E-state index in [1.165, 1.54) is 0 Å². The molecule has 1 aromatic rings. The Labute approximate surface area is 206 Å². The normalized spacial score (nSPS) is 23.7. The van der Waals surface area contributed by atoms with Gasteiger partial charge >= 0.3 is 6.03 Å². The molecule has 9 heteroatoms. The minimum atomic E-state index is -0.574. The SMILES string of the molecule is C#CCN1CC(=O)N2[C@@H](CCSC)C(=O)N(C3CCCC3)C[C@@H]2N1C(=O)NCc1ccccc1. The van der Waals surface area contributed by atoms with Crippen LogP contribution in [0.5, 0.6) is 0 Å². The number of urea groups is 1. The topological polar surface area (TPSA) is 76.2 Å². The number of nitrogens with one attached hydrogen (secondary N) is 1. The van der Waals surface area contributed by atoms with Gasteiger partial charge in [-0.15, -0.1) is 6.42 Å². The third-order valence-electron chi connectivity index (χ3n) is 6.91. The van der Waals surface area contributed by atoms with Crippen LogP contribution in [0.15, 0.2) is 30.3 Å². The van der Waals surface area contributed by atoms with Crippen LogP contribution in [-0.2, 0) is 16.1 Å². The van der Waals surface area contributed by atoms with Crippen molar-refractivity contribution in [1.29, 1.82) is 0 Å². The average molecular weight is 484 g/mol. The van der Waals surface area contributed by atoms with Crippen LogP contribution in [0.1, 0.15) is 37.7 Å². The van der Waals surface area contributed by atoms with E-state index in [2.05, 4.69) is 11.2 Å². The first-order chi connectivity index (χ1) is 16.5. The summed E-state index contributed by atoms with van der Waals surface area (Å²) in [4.78, 5) is 44.0. The Kier molecular flexibility index (Phi) is 8.01. The lowest BCUT2D eigenvalue weighted by Crippen LogP contribution is -2.77. The van der Waals surface area contributed by atoms with E-state index in [4.69, 9.17) is 6.42 Å². The van der Waals surface area contributed by atoms with Crippen LogP contribution in [0.3, 0.4) is 0 Å². The molecule has 2 atom stereocenters. The fourth-order valence-corrected chi connectivity index (χ4v) is 5.76. The van der Waals surface area contributed by atoms with E-state index in [0.29, 0.717) is 19.5 Å². The summed E-state index contributed by atoms with van der Waals surface area (Å²) in [7, 11) is 0. The number of terminal acetylenes is 1. The minimum absolute atomic E-state index is 0.0144. The van der Waals surface area contributed by atoms with Gasteiger partial charge in [0.1, 0.15) is 12.2 Å². The highest BCUT2D eigenvalue weighted by Crippen LogP contribution is 2.33. The van der Waals surface area contributed by atoms with E-state index < -0.39 is 12.2 Å². The first-order valence-electron chi connectivity index (χ1n) is 11.9. The zero-order valence-electron chi connectivity index (χ0n) is 19.7. The highest BCUT2D eigenvalue weighted by molar-refractivity contribution is 7.98. The van der Waals surface area contributed by atoms with Crippen LogP contribution in [0.25, 0.3) is 0 Å². The van der Waals surface area contributed by atoms with Crippen molar-refractivity contribution in [2.45, 2.75) is 56.9 Å². The maximum absolute atomic E-state index is 13.6. The number of hydrogen-bond acceptors (Lipinski definition) is 5. The van der Waals surface area contributed by atoms with E-state index >= 15 is 0 Å². The fourth-order valence-electron chi connectivity index (χ4n) is 5.30. The predicted molar refractivity (Wildman–Crippen MR) is 132 cm³/mol. The summed E-state index contributed by atoms with van der Waals surface area (Å²) in [6.45, 7) is 0.792. The molecule has 1 saturated carbocycles. The molecule has 2 aliphatic heterocycles. The second-order valence-electron chi connectivity index (χ2n) is 9.02. The van der Waals surface area contributed by atoms with Gasteiger partial charge in [0, 0.05) is 12.6 Å². The van der Waals surface area contributed by atoms with Crippen LogP contribution >= 0.6 is 11.8 Å². The van der Waals surface area contributed by atoms with E-state index in [-0.39, 0.29) is 37.0 Å². The highest BCUT2D eigenvalue weighted by Gasteiger charge is 2.52. The molecule has 8 nitrogen and oxygen atoms in total. The molecular formula is C25H33N5O3S. The molecule has 34 heavy (non-hydrogen) atoms. The molecule has 3 fully saturated rings. The van der Waals surface area contributed by atoms with Crippen molar-refractivity contribution >= 4 is 29.6 Å². The first kappa shape index (κ1) is 24.4. The summed E-state index contributed by atoms with van der Waals surface area (Å²) < 4.78 is 0. The Morgan fingerprint density at radius 1 is 1.21 bits per heavy atom. The average Bonchev–Trinajstić information content (AvgIpc) is 3.37. The number of rotatable bonds is 7. The zero-order chi connectivity index (χ0) is 24.1. The Morgan fingerprint density at radius 2 is 1.94 bits per heavy atom. The van der Waals surface area contributed by atoms with Crippen LogP contribution in [0.4, 0.5) is 4.79 Å². The van der Waals surface area contributed by atoms with Crippen molar-refractivity contribution in [2.24, 2.45) is 0 Å². The van der Waals surface area contributed by atoms with Gasteiger partial charge < -0.3 is 15.1 Å². The quantitative estimate of drug-likeness (QED) is 0.602. The van der Waals surface area contributed by atoms with Gasteiger partial charge in [-0.05, 0) is 36.8 Å². The number of piperazine rings is 1. The largest absolute Gasteiger partial charge is 0.334 e. The Bertz CT molecular complexity index is 930. The number of carbonyl (C=O) groups excluding carboxylic acids is 3. The van der Waals surface area contributed by atoms with Crippen molar-refractivity contribution in [3.05, 3.63) is 35.9 Å². The Balaban J connectivity index is 1.63. The number of benzene rings is 1. The third-order valence-corrected chi connectivity index (χ3v) is 7.55. The molecule has 4 rings (SSSR count). The molecule has 0 bridgehead atoms. The van der Waals surface area contributed by atoms with Gasteiger partial charge in [-0.1, -0.05) is 49.1 Å². The highest BCUT2D eigenvalue weighted by atomic mass is 32.2. The summed E-state index contributed by atoms with van der Waals surface area (Å²) in [6.07, 6.45) is 11.7. The van der Waals surface area contributed by atoms with Gasteiger partial charge in [0.2, 0.25) is 11.8 Å². The molecule has 1 N–H and O–H groups in total. The predicted octanol–water partition coefficient (Wildman–Crippen LogP) is 2.12. The van der Waals surface area contributed by atoms with Crippen LogP contribution < -0.4 is 5.32 Å². The van der Waals surface area contributed by atoms with Gasteiger partial charge in [-0.3, -0.25) is 9.59 Å². The summed E-state index contributed by atoms with van der Waals surface area (Å²) in [6, 6.07) is 8.98. The van der Waals surface area contributed by atoms with Crippen molar-refractivity contribution in [1.82, 2.24) is 25.1 Å². The lowest BCUT2D eigenvalue weighted by Gasteiger charge is -2.55. The van der Waals surface area contributed by atoms with E-state index in [1.54, 1.807) is 26.7 Å². The number of fused-ring (bicyclic) bond motifs is 1. The number of amides is 4. The van der Waals surface area contributed by atoms with Crippen molar-refractivity contribution in [2.75, 3.05) is 31.6 Å². The van der Waals surface area contributed by atoms with Gasteiger partial charge in [-0.25, -0.2) is 9.80 Å². The Morgan fingerprint density at radius 3 is 2.62 bits per heavy atom. The smallest absolute Gasteiger partial charge is 0.334 e. The van der Waals surface area contributed by atoms with E-state index in [0.717, 1.165) is 37.0 Å². The molecular weight excluding hydrogens is 450 g/mol. The maximum Gasteiger partial charge on any atom is 0.334 e. The molecule has 2 heterocycles. The van der Waals surface area contributed by atoms with Crippen LogP contribution in [0, 0.1) is 12.3 Å². The van der Waals surface area contributed by atoms with Gasteiger partial charge in [0.15, 0.2) is 0 Å². The number of thioether (sulfide) groups is 1. The second kappa shape index (κ2) is 11.2. The van der Waals surface area contributed by atoms with Crippen LogP contribution in [0.2, 0.25) is 0 Å².